The zero-order valence-electron chi connectivity index (χ0n) is 15.6. The first-order valence-electron chi connectivity index (χ1n) is 8.88. The molecule has 0 spiro atoms. The van der Waals surface area contributed by atoms with Crippen molar-refractivity contribution < 1.29 is 4.79 Å². The number of nitrogens with zero attached hydrogens (tertiary/aromatic N) is 1. The smallest absolute Gasteiger partial charge is 0.225 e. The first kappa shape index (κ1) is 18.0. The molecule has 23 heavy (non-hydrogen) atoms. The van der Waals surface area contributed by atoms with Crippen molar-refractivity contribution in [3.63, 3.8) is 0 Å². The van der Waals surface area contributed by atoms with Crippen LogP contribution in [0.15, 0.2) is 12.1 Å². The van der Waals surface area contributed by atoms with Gasteiger partial charge < -0.3 is 10.2 Å². The minimum absolute atomic E-state index is 0.102. The molecule has 1 aromatic rings. The summed E-state index contributed by atoms with van der Waals surface area (Å²) in [6, 6.07) is 5.08. The summed E-state index contributed by atoms with van der Waals surface area (Å²) in [5, 5.41) is 3.73. The number of carbonyl (C=O) groups is 1. The molecule has 0 bridgehead atoms. The number of benzene rings is 1. The van der Waals surface area contributed by atoms with Crippen molar-refractivity contribution in [1.29, 1.82) is 0 Å². The lowest BCUT2D eigenvalue weighted by atomic mass is 9.92. The van der Waals surface area contributed by atoms with Crippen LogP contribution in [0.5, 0.6) is 0 Å². The lowest BCUT2D eigenvalue weighted by Crippen LogP contribution is -2.50. The van der Waals surface area contributed by atoms with Gasteiger partial charge in [-0.2, -0.15) is 0 Å². The highest BCUT2D eigenvalue weighted by atomic mass is 16.2. The molecule has 128 valence electrons. The van der Waals surface area contributed by atoms with Gasteiger partial charge in [0.15, 0.2) is 0 Å². The van der Waals surface area contributed by atoms with Crippen LogP contribution in [0.4, 0.5) is 0 Å². The van der Waals surface area contributed by atoms with Crippen molar-refractivity contribution in [2.45, 2.75) is 60.5 Å². The zero-order chi connectivity index (χ0) is 17.1. The van der Waals surface area contributed by atoms with E-state index in [4.69, 9.17) is 0 Å². The van der Waals surface area contributed by atoms with E-state index in [1.807, 2.05) is 18.7 Å². The van der Waals surface area contributed by atoms with Gasteiger partial charge >= 0.3 is 0 Å². The van der Waals surface area contributed by atoms with E-state index in [0.717, 1.165) is 26.1 Å². The maximum Gasteiger partial charge on any atom is 0.225 e. The van der Waals surface area contributed by atoms with Gasteiger partial charge in [0.1, 0.15) is 0 Å². The average molecular weight is 316 g/mol. The third-order valence-electron chi connectivity index (χ3n) is 5.22. The predicted molar refractivity (Wildman–Crippen MR) is 96.5 cm³/mol. The number of nitrogens with one attached hydrogen (secondary N) is 1. The topological polar surface area (TPSA) is 32.3 Å². The summed E-state index contributed by atoms with van der Waals surface area (Å²) in [4.78, 5) is 14.2. The highest BCUT2D eigenvalue weighted by molar-refractivity contribution is 5.78. The van der Waals surface area contributed by atoms with E-state index in [-0.39, 0.29) is 5.92 Å². The Morgan fingerprint density at radius 1 is 1.22 bits per heavy atom. The lowest BCUT2D eigenvalue weighted by molar-refractivity contribution is -0.136. The Bertz CT molecular complexity index is 565. The third-order valence-corrected chi connectivity index (χ3v) is 5.22. The molecule has 1 N–H and O–H groups in total. The first-order chi connectivity index (χ1) is 10.8. The van der Waals surface area contributed by atoms with Gasteiger partial charge in [0, 0.05) is 31.6 Å². The molecule has 1 aromatic carbocycles. The highest BCUT2D eigenvalue weighted by Gasteiger charge is 2.29. The Morgan fingerprint density at radius 2 is 1.87 bits per heavy atom. The third kappa shape index (κ3) is 4.35. The molecule has 2 rings (SSSR count). The largest absolute Gasteiger partial charge is 0.342 e. The summed E-state index contributed by atoms with van der Waals surface area (Å²) >= 11 is 0. The van der Waals surface area contributed by atoms with Gasteiger partial charge in [0.2, 0.25) is 5.91 Å². The van der Waals surface area contributed by atoms with Crippen LogP contribution in [0.2, 0.25) is 0 Å². The maximum atomic E-state index is 12.1. The molecule has 1 heterocycles. The number of likely N-dealkylation sites (tertiary alicyclic amines) is 1. The van der Waals surface area contributed by atoms with Crippen molar-refractivity contribution in [3.8, 4) is 0 Å². The fourth-order valence-electron chi connectivity index (χ4n) is 3.47. The fourth-order valence-corrected chi connectivity index (χ4v) is 3.47. The Kier molecular flexibility index (Phi) is 5.85. The molecule has 0 radical (unpaired) electrons. The normalized spacial score (nSPS) is 21.8. The SMILES string of the molecule is Cc1cc(C)c(CNC2CCN(C(=O)C(C)C)CC2C)cc1C. The Morgan fingerprint density at radius 3 is 2.48 bits per heavy atom. The number of piperidine rings is 1. The van der Waals surface area contributed by atoms with Gasteiger partial charge in [-0.15, -0.1) is 0 Å². The summed E-state index contributed by atoms with van der Waals surface area (Å²) < 4.78 is 0. The van der Waals surface area contributed by atoms with Gasteiger partial charge in [-0.05, 0) is 55.4 Å². The Balaban J connectivity index is 1.93. The van der Waals surface area contributed by atoms with E-state index in [2.05, 4.69) is 45.1 Å². The molecule has 1 aliphatic heterocycles. The molecule has 3 heteroatoms. The molecular weight excluding hydrogens is 284 g/mol. The molecule has 0 saturated carbocycles. The quantitative estimate of drug-likeness (QED) is 0.920. The van der Waals surface area contributed by atoms with Crippen molar-refractivity contribution >= 4 is 5.91 Å². The molecule has 1 aliphatic rings. The van der Waals surface area contributed by atoms with Crippen LogP contribution in [0.25, 0.3) is 0 Å². The van der Waals surface area contributed by atoms with Crippen molar-refractivity contribution in [1.82, 2.24) is 10.2 Å². The number of hydrogen-bond donors (Lipinski definition) is 1. The monoisotopic (exact) mass is 316 g/mol. The highest BCUT2D eigenvalue weighted by Crippen LogP contribution is 2.20. The number of rotatable bonds is 4. The van der Waals surface area contributed by atoms with Crippen LogP contribution >= 0.6 is 0 Å². The minimum atomic E-state index is 0.102. The summed E-state index contributed by atoms with van der Waals surface area (Å²) in [6.07, 6.45) is 1.05. The van der Waals surface area contributed by atoms with E-state index in [1.165, 1.54) is 22.3 Å². The maximum absolute atomic E-state index is 12.1. The minimum Gasteiger partial charge on any atom is -0.342 e. The number of aryl methyl sites for hydroxylation is 3. The lowest BCUT2D eigenvalue weighted by Gasteiger charge is -2.38. The molecule has 3 nitrogen and oxygen atoms in total. The van der Waals surface area contributed by atoms with Crippen LogP contribution in [-0.2, 0) is 11.3 Å². The number of amides is 1. The second-order valence-electron chi connectivity index (χ2n) is 7.56. The van der Waals surface area contributed by atoms with E-state index >= 15 is 0 Å². The van der Waals surface area contributed by atoms with Crippen LogP contribution in [0.1, 0.15) is 49.4 Å². The van der Waals surface area contributed by atoms with Gasteiger partial charge in [-0.3, -0.25) is 4.79 Å². The van der Waals surface area contributed by atoms with Crippen molar-refractivity contribution in [2.24, 2.45) is 11.8 Å². The molecule has 0 aliphatic carbocycles. The molecule has 2 atom stereocenters. The second kappa shape index (κ2) is 7.48. The van der Waals surface area contributed by atoms with Gasteiger partial charge in [0.05, 0.1) is 0 Å². The Labute approximate surface area is 141 Å². The average Bonchev–Trinajstić information content (AvgIpc) is 2.49. The van der Waals surface area contributed by atoms with E-state index in [0.29, 0.717) is 17.9 Å². The summed E-state index contributed by atoms with van der Waals surface area (Å²) in [5.74, 6) is 0.892. The number of carbonyl (C=O) groups excluding carboxylic acids is 1. The van der Waals surface area contributed by atoms with Crippen LogP contribution in [-0.4, -0.2) is 29.9 Å². The predicted octanol–water partition coefficient (Wildman–Crippen LogP) is 3.59. The zero-order valence-corrected chi connectivity index (χ0v) is 15.6. The molecule has 1 amide bonds. The van der Waals surface area contributed by atoms with E-state index < -0.39 is 0 Å². The van der Waals surface area contributed by atoms with E-state index in [1.54, 1.807) is 0 Å². The van der Waals surface area contributed by atoms with Crippen LogP contribution in [0.3, 0.4) is 0 Å². The molecule has 1 saturated heterocycles. The van der Waals surface area contributed by atoms with Crippen molar-refractivity contribution in [3.05, 3.63) is 34.4 Å². The van der Waals surface area contributed by atoms with Crippen LogP contribution < -0.4 is 5.32 Å². The fraction of sp³-hybridized carbons (Fsp3) is 0.650. The van der Waals surface area contributed by atoms with E-state index in [9.17, 15) is 4.79 Å². The number of hydrogen-bond acceptors (Lipinski definition) is 2. The van der Waals surface area contributed by atoms with Crippen LogP contribution in [0, 0.1) is 32.6 Å². The van der Waals surface area contributed by atoms with Gasteiger partial charge in [-0.1, -0.05) is 32.9 Å². The molecule has 0 aromatic heterocycles. The summed E-state index contributed by atoms with van der Waals surface area (Å²) in [7, 11) is 0. The first-order valence-corrected chi connectivity index (χ1v) is 8.88. The summed E-state index contributed by atoms with van der Waals surface area (Å²) in [5.41, 5.74) is 5.47. The molecular formula is C20H32N2O. The standard InChI is InChI=1S/C20H32N2O/c1-13(2)20(23)22-8-7-19(17(6)12-22)21-11-18-10-15(4)14(3)9-16(18)5/h9-10,13,17,19,21H,7-8,11-12H2,1-6H3. The van der Waals surface area contributed by atoms with Gasteiger partial charge in [0.25, 0.3) is 0 Å². The van der Waals surface area contributed by atoms with Gasteiger partial charge in [-0.25, -0.2) is 0 Å². The van der Waals surface area contributed by atoms with Crippen molar-refractivity contribution in [2.75, 3.05) is 13.1 Å². The summed E-state index contributed by atoms with van der Waals surface area (Å²) in [6.45, 7) is 15.4. The molecule has 2 unspecified atom stereocenters. The molecule has 1 fully saturated rings. The Hall–Kier alpha value is -1.35. The second-order valence-corrected chi connectivity index (χ2v) is 7.56.